The number of morpholine rings is 1. The molecule has 0 aliphatic carbocycles. The fraction of sp³-hybridized carbons (Fsp3) is 0.538. The number of aliphatic hydroxyl groups excluding tert-OH is 1. The maximum atomic E-state index is 13.1. The van der Waals surface area contributed by atoms with Crippen LogP contribution in [0.25, 0.3) is 0 Å². The molecule has 0 saturated carbocycles. The molecule has 1 aromatic rings. The van der Waals surface area contributed by atoms with Crippen molar-refractivity contribution in [3.8, 4) is 0 Å². The summed E-state index contributed by atoms with van der Waals surface area (Å²) in [4.78, 5) is 2.15. The van der Waals surface area contributed by atoms with Crippen molar-refractivity contribution in [2.75, 3.05) is 44.7 Å². The van der Waals surface area contributed by atoms with Crippen molar-refractivity contribution in [2.45, 2.75) is 6.10 Å². The molecule has 20 heavy (non-hydrogen) atoms. The van der Waals surface area contributed by atoms with Crippen molar-refractivity contribution < 1.29 is 14.2 Å². The lowest BCUT2D eigenvalue weighted by atomic mass is 10.2. The van der Waals surface area contributed by atoms with E-state index in [4.69, 9.17) is 16.3 Å². The fourth-order valence-electron chi connectivity index (χ4n) is 2.08. The fourth-order valence-corrected chi connectivity index (χ4v) is 3.04. The van der Waals surface area contributed by atoms with Crippen LogP contribution in [0.2, 0.25) is 5.02 Å². The summed E-state index contributed by atoms with van der Waals surface area (Å²) < 4.78 is 18.9. The normalized spacial score (nSPS) is 18.0. The Morgan fingerprint density at radius 1 is 1.45 bits per heavy atom. The van der Waals surface area contributed by atoms with Crippen LogP contribution in [-0.4, -0.2) is 55.5 Å². The molecule has 0 spiro atoms. The summed E-state index contributed by atoms with van der Waals surface area (Å²) in [5.74, 6) is -0.402. The summed E-state index contributed by atoms with van der Waals surface area (Å²) in [6, 6.07) is 2.57. The molecule has 1 fully saturated rings. The second-order valence-corrected chi connectivity index (χ2v) is 5.95. The van der Waals surface area contributed by atoms with Crippen LogP contribution in [0, 0.1) is 5.82 Å². The minimum Gasteiger partial charge on any atom is -0.390 e. The van der Waals surface area contributed by atoms with E-state index in [-0.39, 0.29) is 5.02 Å². The maximum Gasteiger partial charge on any atom is 0.125 e. The van der Waals surface area contributed by atoms with E-state index in [1.54, 1.807) is 0 Å². The van der Waals surface area contributed by atoms with Crippen LogP contribution in [0.4, 0.5) is 10.1 Å². The van der Waals surface area contributed by atoms with Gasteiger partial charge in [-0.25, -0.2) is 4.39 Å². The summed E-state index contributed by atoms with van der Waals surface area (Å²) in [5.41, 5.74) is 0.592. The van der Waals surface area contributed by atoms with Gasteiger partial charge < -0.3 is 15.2 Å². The molecule has 1 aliphatic heterocycles. The molecule has 1 atom stereocenters. The summed E-state index contributed by atoms with van der Waals surface area (Å²) >= 11 is 9.22. The first kappa shape index (κ1) is 16.0. The van der Waals surface area contributed by atoms with Crippen LogP contribution >= 0.6 is 27.5 Å². The smallest absolute Gasteiger partial charge is 0.125 e. The molecule has 0 radical (unpaired) electrons. The monoisotopic (exact) mass is 366 g/mol. The van der Waals surface area contributed by atoms with Gasteiger partial charge >= 0.3 is 0 Å². The largest absolute Gasteiger partial charge is 0.390 e. The van der Waals surface area contributed by atoms with E-state index in [0.717, 1.165) is 13.1 Å². The van der Waals surface area contributed by atoms with Gasteiger partial charge in [-0.1, -0.05) is 11.6 Å². The first-order chi connectivity index (χ1) is 9.56. The van der Waals surface area contributed by atoms with E-state index in [0.29, 0.717) is 36.5 Å². The number of rotatable bonds is 5. The molecule has 4 nitrogen and oxygen atoms in total. The molecular formula is C13H17BrClFN2O2. The second-order valence-electron chi connectivity index (χ2n) is 4.69. The van der Waals surface area contributed by atoms with Crippen molar-refractivity contribution >= 4 is 33.2 Å². The number of ether oxygens (including phenoxy) is 1. The lowest BCUT2D eigenvalue weighted by Gasteiger charge is -2.28. The quantitative estimate of drug-likeness (QED) is 0.838. The minimum atomic E-state index is -0.527. The van der Waals surface area contributed by atoms with E-state index >= 15 is 0 Å². The minimum absolute atomic E-state index is 0.287. The van der Waals surface area contributed by atoms with Crippen LogP contribution < -0.4 is 5.32 Å². The lowest BCUT2D eigenvalue weighted by molar-refractivity contribution is 0.0171. The second kappa shape index (κ2) is 7.56. The van der Waals surface area contributed by atoms with Crippen LogP contribution in [0.5, 0.6) is 0 Å². The molecule has 0 bridgehead atoms. The van der Waals surface area contributed by atoms with Crippen molar-refractivity contribution in [3.63, 3.8) is 0 Å². The number of hydrogen-bond donors (Lipinski definition) is 2. The Morgan fingerprint density at radius 2 is 2.15 bits per heavy atom. The zero-order chi connectivity index (χ0) is 14.5. The van der Waals surface area contributed by atoms with Crippen molar-refractivity contribution in [1.82, 2.24) is 4.90 Å². The number of benzene rings is 1. The summed E-state index contributed by atoms with van der Waals surface area (Å²) in [6.07, 6.45) is -0.527. The number of halogens is 3. The zero-order valence-corrected chi connectivity index (χ0v) is 13.3. The molecule has 2 N–H and O–H groups in total. The molecule has 1 saturated heterocycles. The topological polar surface area (TPSA) is 44.7 Å². The van der Waals surface area contributed by atoms with Crippen molar-refractivity contribution in [3.05, 3.63) is 27.4 Å². The Labute approximate surface area is 131 Å². The van der Waals surface area contributed by atoms with Gasteiger partial charge in [-0.15, -0.1) is 0 Å². The highest BCUT2D eigenvalue weighted by atomic mass is 79.9. The molecule has 0 aromatic heterocycles. The van der Waals surface area contributed by atoms with Gasteiger partial charge in [-0.3, -0.25) is 4.90 Å². The van der Waals surface area contributed by atoms with Gasteiger partial charge in [0.05, 0.1) is 30.0 Å². The van der Waals surface area contributed by atoms with Crippen LogP contribution in [0.15, 0.2) is 16.6 Å². The summed E-state index contributed by atoms with van der Waals surface area (Å²) in [5, 5.41) is 13.4. The predicted octanol–water partition coefficient (Wildman–Crippen LogP) is 2.35. The average Bonchev–Trinajstić information content (AvgIpc) is 2.38. The average molecular weight is 368 g/mol. The molecule has 112 valence electrons. The molecule has 1 unspecified atom stereocenters. The molecule has 1 aliphatic rings. The highest BCUT2D eigenvalue weighted by Crippen LogP contribution is 2.31. The van der Waals surface area contributed by atoms with Crippen LogP contribution in [0.3, 0.4) is 0 Å². The van der Waals surface area contributed by atoms with E-state index in [2.05, 4.69) is 26.1 Å². The van der Waals surface area contributed by atoms with Crippen molar-refractivity contribution in [1.29, 1.82) is 0 Å². The van der Waals surface area contributed by atoms with Crippen molar-refractivity contribution in [2.24, 2.45) is 0 Å². The molecule has 1 aromatic carbocycles. The zero-order valence-electron chi connectivity index (χ0n) is 10.9. The van der Waals surface area contributed by atoms with E-state index in [1.165, 1.54) is 12.1 Å². The van der Waals surface area contributed by atoms with Gasteiger partial charge in [0, 0.05) is 30.7 Å². The van der Waals surface area contributed by atoms with Gasteiger partial charge in [0.1, 0.15) is 5.82 Å². The Kier molecular flexibility index (Phi) is 6.04. The SMILES string of the molecule is OC(CNc1c(Cl)cc(F)cc1Br)CN1CCOCC1. The highest BCUT2D eigenvalue weighted by molar-refractivity contribution is 9.10. The van der Waals surface area contributed by atoms with Crippen LogP contribution in [-0.2, 0) is 4.74 Å². The Morgan fingerprint density at radius 3 is 2.80 bits per heavy atom. The summed E-state index contributed by atoms with van der Waals surface area (Å²) in [6.45, 7) is 4.00. The van der Waals surface area contributed by atoms with E-state index in [1.807, 2.05) is 0 Å². The van der Waals surface area contributed by atoms with E-state index < -0.39 is 11.9 Å². The summed E-state index contributed by atoms with van der Waals surface area (Å²) in [7, 11) is 0. The number of anilines is 1. The lowest BCUT2D eigenvalue weighted by Crippen LogP contribution is -2.42. The van der Waals surface area contributed by atoms with Crippen LogP contribution in [0.1, 0.15) is 0 Å². The van der Waals surface area contributed by atoms with Gasteiger partial charge in [-0.05, 0) is 28.1 Å². The molecule has 1 heterocycles. The third-order valence-electron chi connectivity index (χ3n) is 3.09. The third-order valence-corrected chi connectivity index (χ3v) is 4.02. The maximum absolute atomic E-state index is 13.1. The van der Waals surface area contributed by atoms with Gasteiger partial charge in [0.25, 0.3) is 0 Å². The number of hydrogen-bond acceptors (Lipinski definition) is 4. The van der Waals surface area contributed by atoms with Gasteiger partial charge in [0.2, 0.25) is 0 Å². The first-order valence-corrected chi connectivity index (χ1v) is 7.60. The Bertz CT molecular complexity index is 435. The molecule has 2 rings (SSSR count). The van der Waals surface area contributed by atoms with Gasteiger partial charge in [-0.2, -0.15) is 0 Å². The molecule has 7 heteroatoms. The molecule has 0 amide bonds. The number of β-amino-alcohol motifs (C(OH)–C–C–N with tert-alkyl or cyclic N) is 1. The molecular weight excluding hydrogens is 351 g/mol. The van der Waals surface area contributed by atoms with Gasteiger partial charge in [0.15, 0.2) is 0 Å². The Balaban J connectivity index is 1.85. The highest BCUT2D eigenvalue weighted by Gasteiger charge is 2.15. The Hall–Kier alpha value is -0.400. The number of aliphatic hydroxyl groups is 1. The number of nitrogens with one attached hydrogen (secondary N) is 1. The number of nitrogens with zero attached hydrogens (tertiary/aromatic N) is 1. The first-order valence-electron chi connectivity index (χ1n) is 6.43. The third kappa shape index (κ3) is 4.56. The standard InChI is InChI=1S/C13H17BrClFN2O2/c14-11-5-9(16)6-12(15)13(11)17-7-10(19)8-18-1-3-20-4-2-18/h5-6,10,17,19H,1-4,7-8H2. The predicted molar refractivity (Wildman–Crippen MR) is 80.9 cm³/mol. The van der Waals surface area contributed by atoms with E-state index in [9.17, 15) is 9.50 Å².